The van der Waals surface area contributed by atoms with Gasteiger partial charge in [-0.25, -0.2) is 4.79 Å². The molecule has 0 radical (unpaired) electrons. The zero-order chi connectivity index (χ0) is 13.7. The fourth-order valence-electron chi connectivity index (χ4n) is 2.22. The molecule has 0 N–H and O–H groups in total. The van der Waals surface area contributed by atoms with Crippen molar-refractivity contribution in [2.24, 2.45) is 0 Å². The molecule has 0 heterocycles. The molecule has 1 aliphatic carbocycles. The van der Waals surface area contributed by atoms with Crippen LogP contribution in [0.25, 0.3) is 6.08 Å². The maximum atomic E-state index is 11.7. The van der Waals surface area contributed by atoms with Crippen LogP contribution < -0.4 is 0 Å². The molecule has 0 aliphatic heterocycles. The van der Waals surface area contributed by atoms with Gasteiger partial charge in [-0.2, -0.15) is 0 Å². The van der Waals surface area contributed by atoms with Crippen LogP contribution in [0.3, 0.4) is 0 Å². The maximum absolute atomic E-state index is 11.7. The van der Waals surface area contributed by atoms with E-state index in [4.69, 9.17) is 27.9 Å². The van der Waals surface area contributed by atoms with E-state index in [1.165, 1.54) is 12.5 Å². The highest BCUT2D eigenvalue weighted by atomic mass is 35.5. The molecule has 0 spiro atoms. The van der Waals surface area contributed by atoms with Gasteiger partial charge >= 0.3 is 5.97 Å². The molecule has 1 aromatic rings. The second-order valence-electron chi connectivity index (χ2n) is 4.73. The number of carbonyl (C=O) groups is 1. The van der Waals surface area contributed by atoms with Gasteiger partial charge in [-0.05, 0) is 55.5 Å². The third kappa shape index (κ3) is 4.88. The van der Waals surface area contributed by atoms with E-state index in [9.17, 15) is 4.79 Å². The average Bonchev–Trinajstić information content (AvgIpc) is 2.36. The minimum absolute atomic E-state index is 0.0776. The average molecular weight is 299 g/mol. The summed E-state index contributed by atoms with van der Waals surface area (Å²) in [5.74, 6) is -0.303. The van der Waals surface area contributed by atoms with Crippen LogP contribution in [0.5, 0.6) is 0 Å². The number of esters is 1. The number of rotatable bonds is 3. The van der Waals surface area contributed by atoms with Gasteiger partial charge in [0.25, 0.3) is 0 Å². The lowest BCUT2D eigenvalue weighted by molar-refractivity contribution is -0.144. The minimum atomic E-state index is -0.303. The van der Waals surface area contributed by atoms with E-state index in [1.807, 2.05) is 0 Å². The van der Waals surface area contributed by atoms with Crippen LogP contribution in [0, 0.1) is 0 Å². The van der Waals surface area contributed by atoms with Gasteiger partial charge in [-0.15, -0.1) is 0 Å². The summed E-state index contributed by atoms with van der Waals surface area (Å²) in [5.41, 5.74) is 0.790. The van der Waals surface area contributed by atoms with E-state index in [0.717, 1.165) is 31.2 Å². The van der Waals surface area contributed by atoms with Gasteiger partial charge in [0.15, 0.2) is 0 Å². The van der Waals surface area contributed by atoms with Crippen LogP contribution in [0.2, 0.25) is 10.0 Å². The molecular weight excluding hydrogens is 283 g/mol. The summed E-state index contributed by atoms with van der Waals surface area (Å²) in [7, 11) is 0. The largest absolute Gasteiger partial charge is 0.459 e. The maximum Gasteiger partial charge on any atom is 0.331 e. The van der Waals surface area contributed by atoms with Crippen molar-refractivity contribution in [2.45, 2.75) is 38.2 Å². The molecule has 102 valence electrons. The molecule has 19 heavy (non-hydrogen) atoms. The summed E-state index contributed by atoms with van der Waals surface area (Å²) in [5, 5.41) is 1.10. The van der Waals surface area contributed by atoms with Crippen LogP contribution in [0.15, 0.2) is 24.3 Å². The lowest BCUT2D eigenvalue weighted by atomic mass is 9.98. The predicted molar refractivity (Wildman–Crippen MR) is 78.5 cm³/mol. The highest BCUT2D eigenvalue weighted by molar-refractivity contribution is 6.34. The summed E-state index contributed by atoms with van der Waals surface area (Å²) < 4.78 is 5.38. The van der Waals surface area contributed by atoms with Gasteiger partial charge in [0.2, 0.25) is 0 Å². The van der Waals surface area contributed by atoms with E-state index < -0.39 is 0 Å². The Labute approximate surface area is 123 Å². The van der Waals surface area contributed by atoms with Crippen LogP contribution in [-0.2, 0) is 9.53 Å². The highest BCUT2D eigenvalue weighted by Crippen LogP contribution is 2.21. The van der Waals surface area contributed by atoms with Crippen molar-refractivity contribution >= 4 is 35.2 Å². The normalized spacial score (nSPS) is 16.7. The first-order valence-corrected chi connectivity index (χ1v) is 7.24. The van der Waals surface area contributed by atoms with Crippen molar-refractivity contribution in [3.05, 3.63) is 39.9 Å². The van der Waals surface area contributed by atoms with Crippen molar-refractivity contribution in [3.8, 4) is 0 Å². The molecule has 1 aliphatic rings. The molecule has 0 atom stereocenters. The fourth-order valence-corrected chi connectivity index (χ4v) is 2.77. The predicted octanol–water partition coefficient (Wildman–Crippen LogP) is 4.88. The molecule has 2 nitrogen and oxygen atoms in total. The minimum Gasteiger partial charge on any atom is -0.459 e. The van der Waals surface area contributed by atoms with E-state index in [0.29, 0.717) is 10.0 Å². The highest BCUT2D eigenvalue weighted by Gasteiger charge is 2.16. The van der Waals surface area contributed by atoms with Gasteiger partial charge in [-0.1, -0.05) is 29.6 Å². The summed E-state index contributed by atoms with van der Waals surface area (Å²) >= 11 is 11.8. The zero-order valence-electron chi connectivity index (χ0n) is 10.6. The lowest BCUT2D eigenvalue weighted by Crippen LogP contribution is -2.19. The van der Waals surface area contributed by atoms with Crippen LogP contribution >= 0.6 is 23.2 Å². The standard InChI is InChI=1S/C15H16Cl2O2/c16-12-8-11(9-13(17)10-12)6-7-15(18)19-14-4-2-1-3-5-14/h6-10,14H,1-5H2/b7-6+. The molecule has 1 saturated carbocycles. The monoisotopic (exact) mass is 298 g/mol. The van der Waals surface area contributed by atoms with Crippen molar-refractivity contribution in [1.82, 2.24) is 0 Å². The van der Waals surface area contributed by atoms with Crippen LogP contribution in [0.1, 0.15) is 37.7 Å². The summed E-state index contributed by atoms with van der Waals surface area (Å²) in [6.07, 6.45) is 8.65. The molecular formula is C15H16Cl2O2. The topological polar surface area (TPSA) is 26.3 Å². The number of benzene rings is 1. The second kappa shape index (κ2) is 6.97. The van der Waals surface area contributed by atoms with Crippen molar-refractivity contribution in [3.63, 3.8) is 0 Å². The molecule has 0 saturated heterocycles. The molecule has 0 unspecified atom stereocenters. The van der Waals surface area contributed by atoms with Gasteiger partial charge in [-0.3, -0.25) is 0 Å². The second-order valence-corrected chi connectivity index (χ2v) is 5.61. The van der Waals surface area contributed by atoms with Crippen LogP contribution in [0.4, 0.5) is 0 Å². The third-order valence-corrected chi connectivity index (χ3v) is 3.57. The Kier molecular flexibility index (Phi) is 5.29. The summed E-state index contributed by atoms with van der Waals surface area (Å²) in [6, 6.07) is 5.15. The Morgan fingerprint density at radius 2 is 1.74 bits per heavy atom. The van der Waals surface area contributed by atoms with Crippen LogP contribution in [-0.4, -0.2) is 12.1 Å². The Balaban J connectivity index is 1.91. The SMILES string of the molecule is O=C(/C=C/c1cc(Cl)cc(Cl)c1)OC1CCCCC1. The van der Waals surface area contributed by atoms with Gasteiger partial charge in [0, 0.05) is 16.1 Å². The van der Waals surface area contributed by atoms with E-state index in [2.05, 4.69) is 0 Å². The molecule has 2 rings (SSSR count). The first-order valence-electron chi connectivity index (χ1n) is 6.48. The number of halogens is 2. The van der Waals surface area contributed by atoms with Gasteiger partial charge in [0.1, 0.15) is 6.10 Å². The van der Waals surface area contributed by atoms with E-state index >= 15 is 0 Å². The Morgan fingerprint density at radius 1 is 1.11 bits per heavy atom. The van der Waals surface area contributed by atoms with Gasteiger partial charge in [0.05, 0.1) is 0 Å². The first kappa shape index (κ1) is 14.4. The quantitative estimate of drug-likeness (QED) is 0.587. The molecule has 0 bridgehead atoms. The third-order valence-electron chi connectivity index (χ3n) is 3.13. The number of hydrogen-bond acceptors (Lipinski definition) is 2. The van der Waals surface area contributed by atoms with Crippen molar-refractivity contribution in [2.75, 3.05) is 0 Å². The zero-order valence-corrected chi connectivity index (χ0v) is 12.1. The lowest BCUT2D eigenvalue weighted by Gasteiger charge is -2.20. The van der Waals surface area contributed by atoms with Crippen molar-refractivity contribution in [1.29, 1.82) is 0 Å². The summed E-state index contributed by atoms with van der Waals surface area (Å²) in [4.78, 5) is 11.7. The van der Waals surface area contributed by atoms with Crippen molar-refractivity contribution < 1.29 is 9.53 Å². The van der Waals surface area contributed by atoms with E-state index in [-0.39, 0.29) is 12.1 Å². The molecule has 1 fully saturated rings. The molecule has 0 aromatic heterocycles. The Bertz CT molecular complexity index is 457. The van der Waals surface area contributed by atoms with E-state index in [1.54, 1.807) is 24.3 Å². The Morgan fingerprint density at radius 3 is 2.37 bits per heavy atom. The smallest absolute Gasteiger partial charge is 0.331 e. The fraction of sp³-hybridized carbons (Fsp3) is 0.400. The van der Waals surface area contributed by atoms with Gasteiger partial charge < -0.3 is 4.74 Å². The first-order chi connectivity index (χ1) is 9.13. The molecule has 4 heteroatoms. The number of ether oxygens (including phenoxy) is 1. The summed E-state index contributed by atoms with van der Waals surface area (Å²) in [6.45, 7) is 0. The molecule has 1 aromatic carbocycles. The number of hydrogen-bond donors (Lipinski definition) is 0. The number of carbonyl (C=O) groups excluding carboxylic acids is 1. The Hall–Kier alpha value is -0.990. The molecule has 0 amide bonds.